The summed E-state index contributed by atoms with van der Waals surface area (Å²) in [5.74, 6) is 2.21. The second-order valence-corrected chi connectivity index (χ2v) is 2.03. The monoisotopic (exact) mass is 130 g/mol. The minimum atomic E-state index is -0.374. The van der Waals surface area contributed by atoms with Crippen molar-refractivity contribution < 1.29 is 0 Å². The summed E-state index contributed by atoms with van der Waals surface area (Å²) in [6.07, 6.45) is 6.77. The summed E-state index contributed by atoms with van der Waals surface area (Å²) in [6, 6.07) is 9.10. The molecule has 0 fully saturated rings. The van der Waals surface area contributed by atoms with Gasteiger partial charge in [0.2, 0.25) is 0 Å². The van der Waals surface area contributed by atoms with Gasteiger partial charge in [0, 0.05) is 0 Å². The van der Waals surface area contributed by atoms with Crippen molar-refractivity contribution in [2.75, 3.05) is 0 Å². The molecule has 1 atom stereocenters. The predicted octanol–water partition coefficient (Wildman–Crippen LogP) is 1.28. The van der Waals surface area contributed by atoms with Crippen LogP contribution in [-0.4, -0.2) is 0 Å². The molecule has 0 aliphatic rings. The van der Waals surface area contributed by atoms with Gasteiger partial charge in [-0.05, 0) is 0 Å². The van der Waals surface area contributed by atoms with Gasteiger partial charge in [-0.15, -0.1) is 0 Å². The molecule has 1 rings (SSSR count). The van der Waals surface area contributed by atoms with Crippen molar-refractivity contribution in [1.82, 2.24) is 0 Å². The molecule has 0 spiro atoms. The Hall–Kier alpha value is -1.04. The summed E-state index contributed by atoms with van der Waals surface area (Å²) in [6.45, 7) is 0. The van der Waals surface area contributed by atoms with E-state index in [1.807, 2.05) is 30.3 Å². The molecule has 0 bridgehead atoms. The first-order valence-corrected chi connectivity index (χ1v) is 3.07. The van der Waals surface area contributed by atoms with Crippen molar-refractivity contribution in [1.29, 1.82) is 0 Å². The predicted molar refractivity (Wildman–Crippen MR) is 40.5 cm³/mol. The molecule has 0 aliphatic heterocycles. The maximum absolute atomic E-state index is 6.77. The fourth-order valence-corrected chi connectivity index (χ4v) is 0.744. The van der Waals surface area contributed by atoms with E-state index >= 15 is 0 Å². The molecular formula is C9H8N+. The van der Waals surface area contributed by atoms with Gasteiger partial charge >= 0.3 is 60.0 Å². The molecule has 0 saturated heterocycles. The number of hydrogen-bond acceptors (Lipinski definition) is 1. The third kappa shape index (κ3) is 1.47. The molecule has 0 saturated carbocycles. The quantitative estimate of drug-likeness (QED) is 0.449. The Morgan fingerprint density at radius 1 is 1.30 bits per heavy atom. The van der Waals surface area contributed by atoms with Crippen LogP contribution in [0.4, 0.5) is 0 Å². The molecule has 0 aromatic heterocycles. The summed E-state index contributed by atoms with van der Waals surface area (Å²) < 4.78 is 0. The van der Waals surface area contributed by atoms with Gasteiger partial charge in [-0.2, -0.15) is 0 Å². The number of hydrogen-bond donors (Lipinski definition) is 1. The number of benzene rings is 1. The Balaban J connectivity index is 2.88. The van der Waals surface area contributed by atoms with Crippen molar-refractivity contribution in [2.45, 2.75) is 6.04 Å². The van der Waals surface area contributed by atoms with Gasteiger partial charge in [0.1, 0.15) is 0 Å². The van der Waals surface area contributed by atoms with E-state index in [1.54, 1.807) is 0 Å². The van der Waals surface area contributed by atoms with Crippen LogP contribution in [0.1, 0.15) is 11.6 Å². The van der Waals surface area contributed by atoms with Crippen LogP contribution >= 0.6 is 0 Å². The molecule has 1 aromatic rings. The first-order valence-electron chi connectivity index (χ1n) is 3.07. The Morgan fingerprint density at radius 2 is 1.90 bits per heavy atom. The van der Waals surface area contributed by atoms with Crippen LogP contribution in [0.3, 0.4) is 0 Å². The number of rotatable bonds is 1. The molecule has 0 radical (unpaired) electrons. The third-order valence-electron chi connectivity index (χ3n) is 1.31. The Bertz CT molecular complexity index is 233. The third-order valence-corrected chi connectivity index (χ3v) is 1.31. The van der Waals surface area contributed by atoms with Crippen LogP contribution in [-0.2, 0) is 0 Å². The van der Waals surface area contributed by atoms with Gasteiger partial charge in [0.05, 0.1) is 0 Å². The van der Waals surface area contributed by atoms with Gasteiger partial charge in [-0.25, -0.2) is 0 Å². The van der Waals surface area contributed by atoms with E-state index in [-0.39, 0.29) is 6.04 Å². The molecule has 0 amide bonds. The standard InChI is InChI=1S/C9H8N/c1-2-9(10)8-6-4-3-5-7-8/h3-7,9H,10H2/q+1. The normalized spacial score (nSPS) is 12.3. The summed E-state index contributed by atoms with van der Waals surface area (Å²) >= 11 is 0. The van der Waals surface area contributed by atoms with Crippen molar-refractivity contribution >= 4 is 0 Å². The van der Waals surface area contributed by atoms with Crippen LogP contribution in [0.15, 0.2) is 30.3 Å². The summed E-state index contributed by atoms with van der Waals surface area (Å²) in [5, 5.41) is 0. The Kier molecular flexibility index (Phi) is 2.27. The first-order chi connectivity index (χ1) is 4.84. The van der Waals surface area contributed by atoms with E-state index in [2.05, 4.69) is 5.92 Å². The van der Waals surface area contributed by atoms with Gasteiger partial charge in [-0.3, -0.25) is 0 Å². The maximum atomic E-state index is 6.77. The van der Waals surface area contributed by atoms with Crippen LogP contribution in [0.25, 0.3) is 0 Å². The fraction of sp³-hybridized carbons (Fsp3) is 0.111. The molecule has 1 nitrogen and oxygen atoms in total. The molecule has 0 aliphatic carbocycles. The van der Waals surface area contributed by atoms with E-state index < -0.39 is 0 Å². The van der Waals surface area contributed by atoms with Gasteiger partial charge in [0.15, 0.2) is 0 Å². The molecule has 10 heavy (non-hydrogen) atoms. The second-order valence-electron chi connectivity index (χ2n) is 2.03. The zero-order valence-corrected chi connectivity index (χ0v) is 5.54. The van der Waals surface area contributed by atoms with E-state index in [9.17, 15) is 0 Å². The van der Waals surface area contributed by atoms with Crippen molar-refractivity contribution in [2.24, 2.45) is 5.73 Å². The second kappa shape index (κ2) is 3.21. The Morgan fingerprint density at radius 3 is 2.40 bits per heavy atom. The fourth-order valence-electron chi connectivity index (χ4n) is 0.744. The number of nitrogens with two attached hydrogens (primary N) is 1. The van der Waals surface area contributed by atoms with Crippen LogP contribution < -0.4 is 5.73 Å². The summed E-state index contributed by atoms with van der Waals surface area (Å²) in [4.78, 5) is 0. The van der Waals surface area contributed by atoms with Crippen LogP contribution in [0, 0.1) is 12.3 Å². The zero-order chi connectivity index (χ0) is 7.40. The molecule has 0 heterocycles. The Labute approximate surface area is 60.9 Å². The summed E-state index contributed by atoms with van der Waals surface area (Å²) in [7, 11) is 0. The molecule has 2 N–H and O–H groups in total. The van der Waals surface area contributed by atoms with Gasteiger partial charge < -0.3 is 0 Å². The van der Waals surface area contributed by atoms with Crippen molar-refractivity contribution in [3.05, 3.63) is 42.3 Å². The zero-order valence-electron chi connectivity index (χ0n) is 5.54. The molecular weight excluding hydrogens is 122 g/mol. The molecule has 1 aromatic carbocycles. The minimum absolute atomic E-state index is 0.374. The molecule has 1 unspecified atom stereocenters. The van der Waals surface area contributed by atoms with Gasteiger partial charge in [0.25, 0.3) is 0 Å². The van der Waals surface area contributed by atoms with Crippen LogP contribution in [0.5, 0.6) is 0 Å². The van der Waals surface area contributed by atoms with Gasteiger partial charge in [-0.1, -0.05) is 0 Å². The van der Waals surface area contributed by atoms with Crippen molar-refractivity contribution in [3.8, 4) is 5.92 Å². The molecule has 48 valence electrons. The topological polar surface area (TPSA) is 26.0 Å². The molecule has 1 heteroatoms. The van der Waals surface area contributed by atoms with E-state index in [0.29, 0.717) is 0 Å². The van der Waals surface area contributed by atoms with Crippen molar-refractivity contribution in [3.63, 3.8) is 0 Å². The average Bonchev–Trinajstić information content (AvgIpc) is 2.05. The first kappa shape index (κ1) is 7.07. The SMILES string of the molecule is [C+]#CC(N)c1ccccc1. The van der Waals surface area contributed by atoms with E-state index in [1.165, 1.54) is 0 Å². The summed E-state index contributed by atoms with van der Waals surface area (Å²) in [5.41, 5.74) is 6.42. The van der Waals surface area contributed by atoms with E-state index in [4.69, 9.17) is 12.2 Å². The van der Waals surface area contributed by atoms with E-state index in [0.717, 1.165) is 5.56 Å². The average molecular weight is 130 g/mol. The van der Waals surface area contributed by atoms with Crippen LogP contribution in [0.2, 0.25) is 0 Å².